The van der Waals surface area contributed by atoms with Gasteiger partial charge < -0.3 is 4.74 Å². The summed E-state index contributed by atoms with van der Waals surface area (Å²) in [7, 11) is 6.64. The zero-order valence-corrected chi connectivity index (χ0v) is 7.06. The van der Waals surface area contributed by atoms with Crippen LogP contribution in [0.1, 0.15) is 5.56 Å². The molecular weight excluding hydrogens is 171 g/mol. The third-order valence-corrected chi connectivity index (χ3v) is 1.51. The van der Waals surface area contributed by atoms with Crippen LogP contribution in [0, 0.1) is 10.1 Å². The minimum absolute atomic E-state index is 0.00204. The smallest absolute Gasteiger partial charge is 0.331 e. The Bertz CT molecular complexity index is 330. The number of ether oxygens (including phenoxy) is 1. The van der Waals surface area contributed by atoms with Gasteiger partial charge >= 0.3 is 5.69 Å². The van der Waals surface area contributed by atoms with Crippen molar-refractivity contribution in [1.29, 1.82) is 0 Å². The molecule has 13 heavy (non-hydrogen) atoms. The van der Waals surface area contributed by atoms with E-state index in [1.54, 1.807) is 0 Å². The Labute approximate surface area is 76.3 Å². The first-order valence-corrected chi connectivity index (χ1v) is 3.56. The van der Waals surface area contributed by atoms with Crippen molar-refractivity contribution in [1.82, 2.24) is 4.98 Å². The molecule has 0 atom stereocenters. The lowest BCUT2D eigenvalue weighted by Gasteiger charge is -2.01. The van der Waals surface area contributed by atoms with Gasteiger partial charge in [0.1, 0.15) is 0 Å². The van der Waals surface area contributed by atoms with Crippen molar-refractivity contribution >= 4 is 13.5 Å². The molecule has 5 nitrogen and oxygen atoms in total. The van der Waals surface area contributed by atoms with Crippen molar-refractivity contribution < 1.29 is 9.66 Å². The fourth-order valence-electron chi connectivity index (χ4n) is 0.882. The molecule has 0 aliphatic rings. The number of pyridine rings is 1. The van der Waals surface area contributed by atoms with E-state index >= 15 is 0 Å². The van der Waals surface area contributed by atoms with E-state index in [0.717, 1.165) is 0 Å². The summed E-state index contributed by atoms with van der Waals surface area (Å²) >= 11 is 0. The molecule has 0 bridgehead atoms. The van der Waals surface area contributed by atoms with Crippen molar-refractivity contribution in [3.8, 4) is 5.88 Å². The predicted octanol–water partition coefficient (Wildman–Crippen LogP) is 0.667. The Balaban J connectivity index is 3.18. The van der Waals surface area contributed by atoms with E-state index in [1.165, 1.54) is 19.4 Å². The van der Waals surface area contributed by atoms with E-state index in [0.29, 0.717) is 5.56 Å². The van der Waals surface area contributed by atoms with Crippen LogP contribution >= 0.6 is 0 Å². The van der Waals surface area contributed by atoms with Gasteiger partial charge in [0.05, 0.1) is 19.9 Å². The predicted molar refractivity (Wildman–Crippen MR) is 46.9 cm³/mol. The van der Waals surface area contributed by atoms with E-state index in [4.69, 9.17) is 12.6 Å². The van der Waals surface area contributed by atoms with Crippen LogP contribution in [0.4, 0.5) is 5.69 Å². The molecule has 0 aromatic carbocycles. The Morgan fingerprint density at radius 1 is 1.77 bits per heavy atom. The summed E-state index contributed by atoms with van der Waals surface area (Å²) in [5.74, 6) is 0.00204. The number of aromatic nitrogens is 1. The van der Waals surface area contributed by atoms with Crippen molar-refractivity contribution in [2.24, 2.45) is 0 Å². The van der Waals surface area contributed by atoms with Crippen molar-refractivity contribution in [2.75, 3.05) is 7.11 Å². The highest BCUT2D eigenvalue weighted by Gasteiger charge is 2.15. The van der Waals surface area contributed by atoms with Crippen molar-refractivity contribution in [3.05, 3.63) is 27.9 Å². The summed E-state index contributed by atoms with van der Waals surface area (Å²) < 4.78 is 4.71. The standard InChI is InChI=1S/C7H7BN2O3/c1-13-7-6(10(11)12)2-5(3-8)4-9-7/h2,4H,3H2,1H3. The minimum Gasteiger partial charge on any atom is -0.476 e. The lowest BCUT2D eigenvalue weighted by molar-refractivity contribution is -0.386. The van der Waals surface area contributed by atoms with Crippen LogP contribution in [-0.2, 0) is 6.32 Å². The van der Waals surface area contributed by atoms with Gasteiger partial charge in [0, 0.05) is 12.3 Å². The zero-order chi connectivity index (χ0) is 9.84. The van der Waals surface area contributed by atoms with Gasteiger partial charge in [-0.1, -0.05) is 6.32 Å². The molecule has 1 heterocycles. The molecule has 2 radical (unpaired) electrons. The first-order valence-electron chi connectivity index (χ1n) is 3.56. The summed E-state index contributed by atoms with van der Waals surface area (Å²) in [5, 5.41) is 10.5. The van der Waals surface area contributed by atoms with Crippen LogP contribution in [0.5, 0.6) is 5.88 Å². The van der Waals surface area contributed by atoms with Crippen LogP contribution in [0.25, 0.3) is 0 Å². The van der Waals surface area contributed by atoms with E-state index in [2.05, 4.69) is 4.98 Å². The Hall–Kier alpha value is -1.59. The van der Waals surface area contributed by atoms with Gasteiger partial charge in [0.15, 0.2) is 0 Å². The molecule has 0 spiro atoms. The number of hydrogen-bond acceptors (Lipinski definition) is 4. The van der Waals surface area contributed by atoms with E-state index in [9.17, 15) is 10.1 Å². The third-order valence-electron chi connectivity index (χ3n) is 1.51. The third kappa shape index (κ3) is 1.96. The molecule has 0 N–H and O–H groups in total. The average Bonchev–Trinajstić information content (AvgIpc) is 2.16. The molecule has 6 heteroatoms. The zero-order valence-electron chi connectivity index (χ0n) is 7.06. The highest BCUT2D eigenvalue weighted by atomic mass is 16.6. The van der Waals surface area contributed by atoms with Crippen LogP contribution in [0.2, 0.25) is 0 Å². The fraction of sp³-hybridized carbons (Fsp3) is 0.286. The summed E-state index contributed by atoms with van der Waals surface area (Å²) in [6, 6.07) is 1.35. The highest BCUT2D eigenvalue weighted by Crippen LogP contribution is 2.24. The molecule has 0 aliphatic heterocycles. The lowest BCUT2D eigenvalue weighted by atomic mass is 9.98. The fourth-order valence-corrected chi connectivity index (χ4v) is 0.882. The highest BCUT2D eigenvalue weighted by molar-refractivity contribution is 6.08. The summed E-state index contributed by atoms with van der Waals surface area (Å²) in [4.78, 5) is 13.7. The second-order valence-corrected chi connectivity index (χ2v) is 2.33. The van der Waals surface area contributed by atoms with Crippen LogP contribution in [0.15, 0.2) is 12.3 Å². The molecular formula is C7H7BN2O3. The summed E-state index contributed by atoms with van der Waals surface area (Å²) in [5.41, 5.74) is 0.443. The van der Waals surface area contributed by atoms with Crippen LogP contribution in [0.3, 0.4) is 0 Å². The van der Waals surface area contributed by atoms with Crippen LogP contribution in [-0.4, -0.2) is 24.9 Å². The van der Waals surface area contributed by atoms with Gasteiger partial charge in [-0.3, -0.25) is 10.1 Å². The second-order valence-electron chi connectivity index (χ2n) is 2.33. The molecule has 1 aromatic rings. The van der Waals surface area contributed by atoms with Crippen molar-refractivity contribution in [3.63, 3.8) is 0 Å². The normalized spacial score (nSPS) is 9.62. The number of rotatable bonds is 3. The molecule has 0 saturated heterocycles. The molecule has 1 rings (SSSR count). The summed E-state index contributed by atoms with van der Waals surface area (Å²) in [6.45, 7) is 0. The molecule has 0 amide bonds. The van der Waals surface area contributed by atoms with Crippen LogP contribution < -0.4 is 4.74 Å². The number of nitro groups is 1. The molecule has 0 fully saturated rings. The Morgan fingerprint density at radius 3 is 2.92 bits per heavy atom. The maximum absolute atomic E-state index is 10.5. The number of hydrogen-bond donors (Lipinski definition) is 0. The monoisotopic (exact) mass is 178 g/mol. The SMILES string of the molecule is [B]Cc1cnc(OC)c([N+](=O)[O-])c1. The second kappa shape index (κ2) is 3.89. The minimum atomic E-state index is -0.551. The van der Waals surface area contributed by atoms with Crippen molar-refractivity contribution in [2.45, 2.75) is 6.32 Å². The molecule has 0 saturated carbocycles. The van der Waals surface area contributed by atoms with Gasteiger partial charge in [0.2, 0.25) is 0 Å². The van der Waals surface area contributed by atoms with Gasteiger partial charge in [-0.05, 0) is 5.56 Å². The van der Waals surface area contributed by atoms with Gasteiger partial charge in [-0.15, -0.1) is 0 Å². The number of methoxy groups -OCH3 is 1. The van der Waals surface area contributed by atoms with E-state index in [1.807, 2.05) is 0 Å². The average molecular weight is 178 g/mol. The molecule has 1 aromatic heterocycles. The molecule has 0 aliphatic carbocycles. The Kier molecular flexibility index (Phi) is 2.84. The maximum Gasteiger partial charge on any atom is 0.331 e. The quantitative estimate of drug-likeness (QED) is 0.387. The maximum atomic E-state index is 10.5. The van der Waals surface area contributed by atoms with Gasteiger partial charge in [0.25, 0.3) is 5.88 Å². The first kappa shape index (κ1) is 9.50. The van der Waals surface area contributed by atoms with Gasteiger partial charge in [-0.25, -0.2) is 4.98 Å². The van der Waals surface area contributed by atoms with Gasteiger partial charge in [-0.2, -0.15) is 0 Å². The first-order chi connectivity index (χ1) is 6.19. The van der Waals surface area contributed by atoms with E-state index in [-0.39, 0.29) is 17.9 Å². The lowest BCUT2D eigenvalue weighted by Crippen LogP contribution is -1.98. The topological polar surface area (TPSA) is 65.3 Å². The molecule has 0 unspecified atom stereocenters. The summed E-state index contributed by atoms with van der Waals surface area (Å²) in [6.07, 6.45) is 1.67. The Morgan fingerprint density at radius 2 is 2.46 bits per heavy atom. The number of nitrogens with zero attached hydrogens (tertiary/aromatic N) is 2. The molecule has 66 valence electrons. The van der Waals surface area contributed by atoms with E-state index < -0.39 is 4.92 Å². The largest absolute Gasteiger partial charge is 0.476 e.